The summed E-state index contributed by atoms with van der Waals surface area (Å²) in [6.07, 6.45) is 0. The standard InChI is InChI=1S/C13H20N4OS/c14-10-1-2-11-12(9-10)19-13(15)17(11)4-3-16-5-7-18-8-6-16/h1-2,9,13H,3-8,14-15H2. The Bertz CT molecular complexity index is 450. The number of anilines is 2. The summed E-state index contributed by atoms with van der Waals surface area (Å²) >= 11 is 1.68. The Morgan fingerprint density at radius 1 is 1.26 bits per heavy atom. The van der Waals surface area contributed by atoms with Crippen LogP contribution in [0.5, 0.6) is 0 Å². The molecule has 1 saturated heterocycles. The first-order valence-corrected chi connectivity index (χ1v) is 7.50. The Morgan fingerprint density at radius 2 is 2.05 bits per heavy atom. The highest BCUT2D eigenvalue weighted by atomic mass is 32.2. The van der Waals surface area contributed by atoms with E-state index in [1.54, 1.807) is 11.8 Å². The van der Waals surface area contributed by atoms with Crippen LogP contribution >= 0.6 is 11.8 Å². The Labute approximate surface area is 117 Å². The van der Waals surface area contributed by atoms with Gasteiger partial charge < -0.3 is 21.1 Å². The lowest BCUT2D eigenvalue weighted by Gasteiger charge is -2.30. The highest BCUT2D eigenvalue weighted by Crippen LogP contribution is 2.42. The highest BCUT2D eigenvalue weighted by Gasteiger charge is 2.27. The third kappa shape index (κ3) is 2.81. The molecule has 2 aliphatic heterocycles. The summed E-state index contributed by atoms with van der Waals surface area (Å²) < 4.78 is 5.36. The largest absolute Gasteiger partial charge is 0.399 e. The predicted molar refractivity (Wildman–Crippen MR) is 79.3 cm³/mol. The van der Waals surface area contributed by atoms with E-state index in [2.05, 4.69) is 15.9 Å². The molecule has 6 heteroatoms. The molecule has 0 saturated carbocycles. The van der Waals surface area contributed by atoms with Gasteiger partial charge in [0.15, 0.2) is 0 Å². The summed E-state index contributed by atoms with van der Waals surface area (Å²) in [5.74, 6) is 0. The SMILES string of the molecule is Nc1ccc2c(c1)SC(N)N2CCN1CCOCC1. The summed E-state index contributed by atoms with van der Waals surface area (Å²) in [6, 6.07) is 6.03. The van der Waals surface area contributed by atoms with Gasteiger partial charge in [0.2, 0.25) is 0 Å². The van der Waals surface area contributed by atoms with Crippen molar-refractivity contribution in [2.75, 3.05) is 50.0 Å². The van der Waals surface area contributed by atoms with E-state index in [0.717, 1.165) is 45.1 Å². The predicted octanol–water partition coefficient (Wildman–Crippen LogP) is 0.755. The molecule has 0 aliphatic carbocycles. The Balaban J connectivity index is 1.65. The number of fused-ring (bicyclic) bond motifs is 1. The minimum absolute atomic E-state index is 0.00200. The first kappa shape index (κ1) is 13.1. The first-order chi connectivity index (χ1) is 9.24. The van der Waals surface area contributed by atoms with Crippen LogP contribution in [0.2, 0.25) is 0 Å². The summed E-state index contributed by atoms with van der Waals surface area (Å²) in [6.45, 7) is 5.70. The summed E-state index contributed by atoms with van der Waals surface area (Å²) in [4.78, 5) is 5.87. The summed E-state index contributed by atoms with van der Waals surface area (Å²) in [7, 11) is 0. The Kier molecular flexibility index (Phi) is 3.83. The van der Waals surface area contributed by atoms with Crippen LogP contribution < -0.4 is 16.4 Å². The highest BCUT2D eigenvalue weighted by molar-refractivity contribution is 8.00. The van der Waals surface area contributed by atoms with E-state index in [-0.39, 0.29) is 5.50 Å². The molecule has 0 spiro atoms. The van der Waals surface area contributed by atoms with Gasteiger partial charge in [-0.25, -0.2) is 0 Å². The van der Waals surface area contributed by atoms with E-state index in [1.807, 2.05) is 12.1 Å². The molecule has 0 aromatic heterocycles. The van der Waals surface area contributed by atoms with Crippen molar-refractivity contribution in [2.45, 2.75) is 10.4 Å². The van der Waals surface area contributed by atoms with Crippen LogP contribution in [0.1, 0.15) is 0 Å². The van der Waals surface area contributed by atoms with E-state index in [1.165, 1.54) is 10.6 Å². The van der Waals surface area contributed by atoms with Crippen molar-refractivity contribution in [3.63, 3.8) is 0 Å². The lowest BCUT2D eigenvalue weighted by Crippen LogP contribution is -2.44. The zero-order valence-electron chi connectivity index (χ0n) is 10.9. The quantitative estimate of drug-likeness (QED) is 0.797. The lowest BCUT2D eigenvalue weighted by molar-refractivity contribution is 0.0391. The van der Waals surface area contributed by atoms with Gasteiger partial charge in [-0.3, -0.25) is 4.90 Å². The van der Waals surface area contributed by atoms with Gasteiger partial charge in [-0.2, -0.15) is 0 Å². The fraction of sp³-hybridized carbons (Fsp3) is 0.538. The number of morpholine rings is 1. The van der Waals surface area contributed by atoms with E-state index < -0.39 is 0 Å². The van der Waals surface area contributed by atoms with Crippen LogP contribution in [0.3, 0.4) is 0 Å². The molecule has 1 atom stereocenters. The first-order valence-electron chi connectivity index (χ1n) is 6.62. The van der Waals surface area contributed by atoms with Gasteiger partial charge in [-0.05, 0) is 18.2 Å². The van der Waals surface area contributed by atoms with Crippen LogP contribution in [0.25, 0.3) is 0 Å². The van der Waals surface area contributed by atoms with E-state index in [0.29, 0.717) is 0 Å². The number of ether oxygens (including phenoxy) is 1. The summed E-state index contributed by atoms with van der Waals surface area (Å²) in [5, 5.41) is 0. The van der Waals surface area contributed by atoms with E-state index in [4.69, 9.17) is 16.2 Å². The summed E-state index contributed by atoms with van der Waals surface area (Å²) in [5.41, 5.74) is 14.0. The van der Waals surface area contributed by atoms with Crippen LogP contribution in [0.15, 0.2) is 23.1 Å². The molecule has 19 heavy (non-hydrogen) atoms. The maximum absolute atomic E-state index is 6.20. The topological polar surface area (TPSA) is 67.8 Å². The number of hydrogen-bond donors (Lipinski definition) is 2. The van der Waals surface area contributed by atoms with Crippen LogP contribution in [-0.4, -0.2) is 49.8 Å². The van der Waals surface area contributed by atoms with Gasteiger partial charge in [0, 0.05) is 36.8 Å². The van der Waals surface area contributed by atoms with E-state index in [9.17, 15) is 0 Å². The van der Waals surface area contributed by atoms with Gasteiger partial charge in [0.05, 0.1) is 18.9 Å². The number of nitrogens with two attached hydrogens (primary N) is 2. The van der Waals surface area contributed by atoms with Gasteiger partial charge in [0.25, 0.3) is 0 Å². The van der Waals surface area contributed by atoms with Crippen molar-refractivity contribution in [3.05, 3.63) is 18.2 Å². The Morgan fingerprint density at radius 3 is 2.84 bits per heavy atom. The number of benzene rings is 1. The van der Waals surface area contributed by atoms with Gasteiger partial charge >= 0.3 is 0 Å². The number of hydrogen-bond acceptors (Lipinski definition) is 6. The molecule has 4 N–H and O–H groups in total. The number of rotatable bonds is 3. The molecule has 0 amide bonds. The minimum Gasteiger partial charge on any atom is -0.399 e. The monoisotopic (exact) mass is 280 g/mol. The number of thioether (sulfide) groups is 1. The average Bonchev–Trinajstić information content (AvgIpc) is 2.72. The van der Waals surface area contributed by atoms with Crippen molar-refractivity contribution in [3.8, 4) is 0 Å². The van der Waals surface area contributed by atoms with Crippen LogP contribution in [-0.2, 0) is 4.74 Å². The van der Waals surface area contributed by atoms with Crippen molar-refractivity contribution in [2.24, 2.45) is 5.73 Å². The molecule has 1 aromatic carbocycles. The van der Waals surface area contributed by atoms with Gasteiger partial charge in [-0.1, -0.05) is 11.8 Å². The maximum Gasteiger partial charge on any atom is 0.130 e. The fourth-order valence-electron chi connectivity index (χ4n) is 2.51. The smallest absolute Gasteiger partial charge is 0.130 e. The molecule has 5 nitrogen and oxygen atoms in total. The second kappa shape index (κ2) is 5.58. The van der Waals surface area contributed by atoms with Crippen molar-refractivity contribution in [1.82, 2.24) is 4.90 Å². The Hall–Kier alpha value is -0.950. The second-order valence-electron chi connectivity index (χ2n) is 4.88. The van der Waals surface area contributed by atoms with Crippen LogP contribution in [0.4, 0.5) is 11.4 Å². The molecule has 3 rings (SSSR count). The van der Waals surface area contributed by atoms with Crippen LogP contribution in [0, 0.1) is 0 Å². The third-order valence-electron chi connectivity index (χ3n) is 3.61. The molecule has 0 radical (unpaired) electrons. The molecular formula is C13H20N4OS. The lowest BCUT2D eigenvalue weighted by atomic mass is 10.2. The second-order valence-corrected chi connectivity index (χ2v) is 6.04. The normalized spacial score (nSPS) is 23.6. The number of nitrogens with zero attached hydrogens (tertiary/aromatic N) is 2. The molecule has 1 unspecified atom stereocenters. The minimum atomic E-state index is -0.00200. The zero-order chi connectivity index (χ0) is 13.2. The maximum atomic E-state index is 6.20. The van der Waals surface area contributed by atoms with Gasteiger partial charge in [0.1, 0.15) is 5.50 Å². The molecule has 104 valence electrons. The van der Waals surface area contributed by atoms with Crippen molar-refractivity contribution < 1.29 is 4.74 Å². The van der Waals surface area contributed by atoms with Crippen molar-refractivity contribution >= 4 is 23.1 Å². The fourth-order valence-corrected chi connectivity index (χ4v) is 3.63. The molecule has 2 heterocycles. The van der Waals surface area contributed by atoms with Crippen molar-refractivity contribution in [1.29, 1.82) is 0 Å². The molecular weight excluding hydrogens is 260 g/mol. The molecule has 1 aromatic rings. The average molecular weight is 280 g/mol. The molecule has 2 aliphatic rings. The zero-order valence-corrected chi connectivity index (χ0v) is 11.7. The molecule has 1 fully saturated rings. The third-order valence-corrected chi connectivity index (χ3v) is 4.69. The number of nitrogen functional groups attached to an aromatic ring is 1. The van der Waals surface area contributed by atoms with Gasteiger partial charge in [-0.15, -0.1) is 0 Å². The van der Waals surface area contributed by atoms with E-state index >= 15 is 0 Å². The molecule has 0 bridgehead atoms.